The van der Waals surface area contributed by atoms with E-state index >= 15 is 0 Å². The maximum Gasteiger partial charge on any atom is 0.155 e. The van der Waals surface area contributed by atoms with Crippen LogP contribution in [0.1, 0.15) is 40.5 Å². The number of allylic oxidation sites excluding steroid dienone is 4. The third-order valence-electron chi connectivity index (χ3n) is 2.54. The Hall–Kier alpha value is -1.44. The third-order valence-corrected chi connectivity index (χ3v) is 2.54. The van der Waals surface area contributed by atoms with Crippen LogP contribution in [0.25, 0.3) is 0 Å². The van der Waals surface area contributed by atoms with E-state index in [1.165, 1.54) is 11.1 Å². The van der Waals surface area contributed by atoms with Gasteiger partial charge in [0.1, 0.15) is 6.61 Å². The van der Waals surface area contributed by atoms with Gasteiger partial charge in [-0.3, -0.25) is 0 Å². The fourth-order valence-corrected chi connectivity index (χ4v) is 1.44. The topological polar surface area (TPSA) is 18.5 Å². The molecule has 0 aromatic heterocycles. The molecule has 0 aromatic carbocycles. The van der Waals surface area contributed by atoms with Gasteiger partial charge in [-0.1, -0.05) is 23.8 Å². The van der Waals surface area contributed by atoms with Crippen LogP contribution in [0.2, 0.25) is 0 Å². The quantitative estimate of drug-likeness (QED) is 0.351. The lowest BCUT2D eigenvalue weighted by atomic mass is 10.1. The zero-order valence-electron chi connectivity index (χ0n) is 12.4. The van der Waals surface area contributed by atoms with Crippen molar-refractivity contribution < 1.29 is 9.47 Å². The minimum atomic E-state index is 0.542. The van der Waals surface area contributed by atoms with Crippen LogP contribution in [0.5, 0.6) is 0 Å². The smallest absolute Gasteiger partial charge is 0.155 e. The Morgan fingerprint density at radius 3 is 2.33 bits per heavy atom. The van der Waals surface area contributed by atoms with E-state index in [-0.39, 0.29) is 0 Å². The van der Waals surface area contributed by atoms with Crippen LogP contribution in [0.3, 0.4) is 0 Å². The Balaban J connectivity index is 4.01. The third kappa shape index (κ3) is 7.77. The van der Waals surface area contributed by atoms with E-state index in [2.05, 4.69) is 39.5 Å². The lowest BCUT2D eigenvalue weighted by Gasteiger charge is -2.10. The first kappa shape index (κ1) is 16.6. The molecule has 0 aromatic rings. The standard InChI is InChI=1S/C16H26O2/c1-7-16(17-6)15(5)18-12-11-14(4)10-8-9-13(2)3/h7,9,11H,5,8,10,12H2,1-4,6H3/b14-11+,16-7+. The van der Waals surface area contributed by atoms with Gasteiger partial charge in [-0.15, -0.1) is 0 Å². The van der Waals surface area contributed by atoms with E-state index in [0.29, 0.717) is 18.1 Å². The highest BCUT2D eigenvalue weighted by Crippen LogP contribution is 2.11. The molecule has 0 saturated carbocycles. The number of rotatable bonds is 8. The van der Waals surface area contributed by atoms with Gasteiger partial charge in [0, 0.05) is 0 Å². The highest BCUT2D eigenvalue weighted by Gasteiger charge is 2.00. The number of hydrogen-bond acceptors (Lipinski definition) is 2. The molecule has 0 bridgehead atoms. The lowest BCUT2D eigenvalue weighted by molar-refractivity contribution is 0.198. The maximum absolute atomic E-state index is 5.50. The van der Waals surface area contributed by atoms with E-state index in [4.69, 9.17) is 9.47 Å². The van der Waals surface area contributed by atoms with Crippen molar-refractivity contribution >= 4 is 0 Å². The van der Waals surface area contributed by atoms with Gasteiger partial charge < -0.3 is 9.47 Å². The first-order valence-electron chi connectivity index (χ1n) is 6.32. The van der Waals surface area contributed by atoms with E-state index in [0.717, 1.165) is 12.8 Å². The van der Waals surface area contributed by atoms with E-state index in [9.17, 15) is 0 Å². The van der Waals surface area contributed by atoms with Crippen molar-refractivity contribution in [2.45, 2.75) is 40.5 Å². The van der Waals surface area contributed by atoms with Gasteiger partial charge in [-0.05, 0) is 52.7 Å². The second kappa shape index (κ2) is 9.58. The largest absolute Gasteiger partial charge is 0.493 e. The van der Waals surface area contributed by atoms with Crippen molar-refractivity contribution in [3.8, 4) is 0 Å². The first-order chi connectivity index (χ1) is 8.51. The maximum atomic E-state index is 5.50. The molecule has 0 radical (unpaired) electrons. The summed E-state index contributed by atoms with van der Waals surface area (Å²) in [6, 6.07) is 0. The Kier molecular flexibility index (Phi) is 8.81. The molecular formula is C16H26O2. The van der Waals surface area contributed by atoms with Crippen molar-refractivity contribution in [3.63, 3.8) is 0 Å². The van der Waals surface area contributed by atoms with E-state index < -0.39 is 0 Å². The van der Waals surface area contributed by atoms with Crippen molar-refractivity contribution in [2.24, 2.45) is 0 Å². The molecule has 2 heteroatoms. The van der Waals surface area contributed by atoms with E-state index in [1.54, 1.807) is 7.11 Å². The molecule has 0 fully saturated rings. The van der Waals surface area contributed by atoms with Crippen LogP contribution in [0.15, 0.2) is 47.5 Å². The minimum absolute atomic E-state index is 0.542. The fourth-order valence-electron chi connectivity index (χ4n) is 1.44. The van der Waals surface area contributed by atoms with Crippen molar-refractivity contribution in [3.05, 3.63) is 47.5 Å². The second-order valence-corrected chi connectivity index (χ2v) is 4.46. The molecule has 0 atom stereocenters. The molecular weight excluding hydrogens is 224 g/mol. The van der Waals surface area contributed by atoms with E-state index in [1.807, 2.05) is 13.0 Å². The molecule has 0 aliphatic rings. The Labute approximate surface area is 112 Å². The van der Waals surface area contributed by atoms with Crippen LogP contribution >= 0.6 is 0 Å². The summed E-state index contributed by atoms with van der Waals surface area (Å²) in [7, 11) is 1.62. The van der Waals surface area contributed by atoms with Gasteiger partial charge in [-0.2, -0.15) is 0 Å². The molecule has 0 aliphatic carbocycles. The molecule has 18 heavy (non-hydrogen) atoms. The summed E-state index contributed by atoms with van der Waals surface area (Å²) in [5.41, 5.74) is 2.70. The molecule has 2 nitrogen and oxygen atoms in total. The molecule has 0 unspecified atom stereocenters. The zero-order chi connectivity index (χ0) is 14.0. The normalized spacial score (nSPS) is 12.1. The van der Waals surface area contributed by atoms with Crippen molar-refractivity contribution in [2.75, 3.05) is 13.7 Å². The monoisotopic (exact) mass is 250 g/mol. The lowest BCUT2D eigenvalue weighted by Crippen LogP contribution is -1.97. The van der Waals surface area contributed by atoms with Crippen molar-refractivity contribution in [1.29, 1.82) is 0 Å². The summed E-state index contributed by atoms with van der Waals surface area (Å²) in [6.07, 6.45) is 8.34. The summed E-state index contributed by atoms with van der Waals surface area (Å²) in [5, 5.41) is 0. The highest BCUT2D eigenvalue weighted by atomic mass is 16.5. The molecule has 0 aliphatic heterocycles. The number of ether oxygens (including phenoxy) is 2. The average molecular weight is 250 g/mol. The summed E-state index contributed by atoms with van der Waals surface area (Å²) >= 11 is 0. The Bertz CT molecular complexity index is 342. The molecule has 0 spiro atoms. The van der Waals surface area contributed by atoms with Gasteiger partial charge in [0.05, 0.1) is 7.11 Å². The molecule has 0 amide bonds. The average Bonchev–Trinajstić information content (AvgIpc) is 2.30. The van der Waals surface area contributed by atoms with Gasteiger partial charge in [0.2, 0.25) is 0 Å². The van der Waals surface area contributed by atoms with Gasteiger partial charge >= 0.3 is 0 Å². The Morgan fingerprint density at radius 2 is 1.83 bits per heavy atom. The molecule has 0 heterocycles. The van der Waals surface area contributed by atoms with Crippen LogP contribution in [-0.2, 0) is 9.47 Å². The first-order valence-corrected chi connectivity index (χ1v) is 6.32. The van der Waals surface area contributed by atoms with Gasteiger partial charge in [0.15, 0.2) is 11.5 Å². The van der Waals surface area contributed by atoms with Crippen LogP contribution in [0.4, 0.5) is 0 Å². The number of methoxy groups -OCH3 is 1. The molecule has 102 valence electrons. The van der Waals surface area contributed by atoms with Crippen LogP contribution in [-0.4, -0.2) is 13.7 Å². The van der Waals surface area contributed by atoms with Crippen LogP contribution in [0, 0.1) is 0 Å². The summed E-state index contributed by atoms with van der Waals surface area (Å²) in [6.45, 7) is 12.6. The van der Waals surface area contributed by atoms with Crippen molar-refractivity contribution in [1.82, 2.24) is 0 Å². The predicted molar refractivity (Wildman–Crippen MR) is 78.3 cm³/mol. The van der Waals surface area contributed by atoms with Crippen LogP contribution < -0.4 is 0 Å². The molecule has 0 N–H and O–H groups in total. The summed E-state index contributed by atoms with van der Waals surface area (Å²) < 4.78 is 10.6. The van der Waals surface area contributed by atoms with Gasteiger partial charge in [0.25, 0.3) is 0 Å². The molecule has 0 rings (SSSR count). The summed E-state index contributed by atoms with van der Waals surface area (Å²) in [5.74, 6) is 1.26. The summed E-state index contributed by atoms with van der Waals surface area (Å²) in [4.78, 5) is 0. The highest BCUT2D eigenvalue weighted by molar-refractivity contribution is 5.16. The minimum Gasteiger partial charge on any atom is -0.493 e. The Morgan fingerprint density at radius 1 is 1.17 bits per heavy atom. The predicted octanol–water partition coefficient (Wildman–Crippen LogP) is 4.76. The van der Waals surface area contributed by atoms with Gasteiger partial charge in [-0.25, -0.2) is 0 Å². The SMILES string of the molecule is C=C(OC/C=C(\C)CCC=C(C)C)/C(=C\C)OC. The zero-order valence-corrected chi connectivity index (χ0v) is 12.4. The number of hydrogen-bond donors (Lipinski definition) is 0. The second-order valence-electron chi connectivity index (χ2n) is 4.46. The fraction of sp³-hybridized carbons (Fsp3) is 0.500. The molecule has 0 saturated heterocycles.